The molecule has 2 unspecified atom stereocenters. The average Bonchev–Trinajstić information content (AvgIpc) is 2.26. The van der Waals surface area contributed by atoms with Crippen LogP contribution in [0.5, 0.6) is 0 Å². The monoisotopic (exact) mass is 193 g/mol. The van der Waals surface area contributed by atoms with Crippen LogP contribution in [0.15, 0.2) is 24.4 Å². The molecule has 0 radical (unpaired) electrons. The van der Waals surface area contributed by atoms with E-state index in [0.717, 1.165) is 25.5 Å². The van der Waals surface area contributed by atoms with Gasteiger partial charge in [-0.15, -0.1) is 0 Å². The number of nitrogens with zero attached hydrogens (tertiary/aromatic N) is 1. The van der Waals surface area contributed by atoms with Crippen LogP contribution in [0.1, 0.15) is 33.1 Å². The first-order chi connectivity index (χ1) is 6.83. The highest BCUT2D eigenvalue weighted by Crippen LogP contribution is 2.17. The van der Waals surface area contributed by atoms with E-state index in [1.165, 1.54) is 0 Å². The van der Waals surface area contributed by atoms with Gasteiger partial charge in [-0.05, 0) is 18.9 Å². The van der Waals surface area contributed by atoms with E-state index in [1.54, 1.807) is 0 Å². The largest absolute Gasteiger partial charge is 0.361 e. The summed E-state index contributed by atoms with van der Waals surface area (Å²) in [7, 11) is 0. The zero-order chi connectivity index (χ0) is 10.4. The minimum atomic E-state index is -0.0588. The molecule has 0 fully saturated rings. The number of carbonyl (C=O) groups is 1. The molecule has 0 aromatic rings. The first-order valence-corrected chi connectivity index (χ1v) is 5.41. The van der Waals surface area contributed by atoms with E-state index in [2.05, 4.69) is 18.7 Å². The molecular formula is C12H19NO. The molecule has 0 saturated heterocycles. The van der Waals surface area contributed by atoms with E-state index >= 15 is 0 Å². The molecule has 0 bridgehead atoms. The summed E-state index contributed by atoms with van der Waals surface area (Å²) >= 11 is 0. The molecule has 0 aromatic heterocycles. The highest BCUT2D eigenvalue weighted by Gasteiger charge is 2.20. The summed E-state index contributed by atoms with van der Waals surface area (Å²) in [5.41, 5.74) is 0. The van der Waals surface area contributed by atoms with Crippen molar-refractivity contribution in [2.75, 3.05) is 0 Å². The average molecular weight is 193 g/mol. The Balaban J connectivity index is 2.67. The van der Waals surface area contributed by atoms with Gasteiger partial charge in [0.25, 0.3) is 0 Å². The second-order valence-electron chi connectivity index (χ2n) is 3.65. The molecule has 1 aliphatic rings. The molecule has 78 valence electrons. The van der Waals surface area contributed by atoms with Crippen LogP contribution < -0.4 is 0 Å². The lowest BCUT2D eigenvalue weighted by Crippen LogP contribution is -2.39. The van der Waals surface area contributed by atoms with Crippen molar-refractivity contribution in [2.24, 2.45) is 0 Å². The van der Waals surface area contributed by atoms with Crippen molar-refractivity contribution in [1.82, 2.24) is 4.90 Å². The van der Waals surface area contributed by atoms with Gasteiger partial charge in [-0.1, -0.05) is 32.4 Å². The van der Waals surface area contributed by atoms with Crippen LogP contribution in [0, 0.1) is 0 Å². The Morgan fingerprint density at radius 1 is 1.43 bits per heavy atom. The van der Waals surface area contributed by atoms with Crippen molar-refractivity contribution in [3.05, 3.63) is 24.4 Å². The second-order valence-corrected chi connectivity index (χ2v) is 3.65. The van der Waals surface area contributed by atoms with Crippen molar-refractivity contribution < 1.29 is 4.79 Å². The van der Waals surface area contributed by atoms with Gasteiger partial charge in [-0.3, -0.25) is 0 Å². The fourth-order valence-corrected chi connectivity index (χ4v) is 1.90. The lowest BCUT2D eigenvalue weighted by atomic mass is 10.0. The predicted molar refractivity (Wildman–Crippen MR) is 59.0 cm³/mol. The Morgan fingerprint density at radius 3 is 2.79 bits per heavy atom. The van der Waals surface area contributed by atoms with E-state index in [0.29, 0.717) is 6.04 Å². The van der Waals surface area contributed by atoms with Gasteiger partial charge in [-0.2, -0.15) is 0 Å². The third-order valence-electron chi connectivity index (χ3n) is 2.68. The van der Waals surface area contributed by atoms with Gasteiger partial charge in [-0.25, -0.2) is 0 Å². The van der Waals surface area contributed by atoms with Crippen LogP contribution >= 0.6 is 0 Å². The summed E-state index contributed by atoms with van der Waals surface area (Å²) in [6.45, 7) is 4.36. The predicted octanol–water partition coefficient (Wildman–Crippen LogP) is 2.52. The quantitative estimate of drug-likeness (QED) is 0.625. The smallest absolute Gasteiger partial charge is 0.146 e. The molecule has 2 atom stereocenters. The molecule has 0 spiro atoms. The fourth-order valence-electron chi connectivity index (χ4n) is 1.90. The molecule has 2 nitrogen and oxygen atoms in total. The van der Waals surface area contributed by atoms with E-state index in [4.69, 9.17) is 0 Å². The molecule has 1 rings (SSSR count). The van der Waals surface area contributed by atoms with Crippen molar-refractivity contribution in [3.63, 3.8) is 0 Å². The SMILES string of the molecule is CCCC(CC)N1C=CC=CC1C=O. The number of aldehydes is 1. The first kappa shape index (κ1) is 11.0. The molecule has 0 N–H and O–H groups in total. The maximum absolute atomic E-state index is 10.9. The van der Waals surface area contributed by atoms with E-state index in [-0.39, 0.29) is 6.04 Å². The van der Waals surface area contributed by atoms with Crippen LogP contribution in [0.3, 0.4) is 0 Å². The van der Waals surface area contributed by atoms with E-state index in [9.17, 15) is 4.79 Å². The van der Waals surface area contributed by atoms with Gasteiger partial charge >= 0.3 is 0 Å². The zero-order valence-corrected chi connectivity index (χ0v) is 9.02. The van der Waals surface area contributed by atoms with Crippen LogP contribution in [0.25, 0.3) is 0 Å². The molecule has 1 heterocycles. The Labute approximate surface area is 86.3 Å². The second kappa shape index (κ2) is 5.63. The fraction of sp³-hybridized carbons (Fsp3) is 0.583. The number of allylic oxidation sites excluding steroid dienone is 2. The summed E-state index contributed by atoms with van der Waals surface area (Å²) in [5.74, 6) is 0. The highest BCUT2D eigenvalue weighted by atomic mass is 16.1. The number of hydrogen-bond acceptors (Lipinski definition) is 2. The standard InChI is InChI=1S/C12H19NO/c1-3-7-11(4-2)13-9-6-5-8-12(13)10-14/h5-6,8-12H,3-4,7H2,1-2H3. The van der Waals surface area contributed by atoms with Gasteiger partial charge in [0.15, 0.2) is 0 Å². The van der Waals surface area contributed by atoms with Crippen molar-refractivity contribution in [3.8, 4) is 0 Å². The number of hydrogen-bond donors (Lipinski definition) is 0. The zero-order valence-electron chi connectivity index (χ0n) is 9.02. The lowest BCUT2D eigenvalue weighted by Gasteiger charge is -2.34. The van der Waals surface area contributed by atoms with Crippen LogP contribution in [-0.2, 0) is 4.79 Å². The molecule has 14 heavy (non-hydrogen) atoms. The Hall–Kier alpha value is -1.05. The Morgan fingerprint density at radius 2 is 2.21 bits per heavy atom. The van der Waals surface area contributed by atoms with Crippen molar-refractivity contribution in [1.29, 1.82) is 0 Å². The molecular weight excluding hydrogens is 174 g/mol. The van der Waals surface area contributed by atoms with Gasteiger partial charge in [0.2, 0.25) is 0 Å². The van der Waals surface area contributed by atoms with Crippen LogP contribution in [0.2, 0.25) is 0 Å². The molecule has 0 amide bonds. The van der Waals surface area contributed by atoms with E-state index < -0.39 is 0 Å². The maximum Gasteiger partial charge on any atom is 0.146 e. The Kier molecular flexibility index (Phi) is 4.44. The summed E-state index contributed by atoms with van der Waals surface area (Å²) in [5, 5.41) is 0. The number of rotatable bonds is 5. The van der Waals surface area contributed by atoms with Crippen molar-refractivity contribution in [2.45, 2.75) is 45.2 Å². The normalized spacial score (nSPS) is 22.4. The molecule has 0 aliphatic carbocycles. The van der Waals surface area contributed by atoms with Gasteiger partial charge in [0, 0.05) is 12.2 Å². The lowest BCUT2D eigenvalue weighted by molar-refractivity contribution is -0.111. The summed E-state index contributed by atoms with van der Waals surface area (Å²) < 4.78 is 0. The molecule has 0 aromatic carbocycles. The Bertz CT molecular complexity index is 232. The highest BCUT2D eigenvalue weighted by molar-refractivity contribution is 5.62. The van der Waals surface area contributed by atoms with Gasteiger partial charge in [0.1, 0.15) is 12.3 Å². The minimum absolute atomic E-state index is 0.0588. The van der Waals surface area contributed by atoms with E-state index in [1.807, 2.05) is 24.4 Å². The topological polar surface area (TPSA) is 20.3 Å². The summed E-state index contributed by atoms with van der Waals surface area (Å²) in [6.07, 6.45) is 12.3. The molecule has 1 aliphatic heterocycles. The number of carbonyl (C=O) groups excluding carboxylic acids is 1. The maximum atomic E-state index is 10.9. The first-order valence-electron chi connectivity index (χ1n) is 5.41. The van der Waals surface area contributed by atoms with Gasteiger partial charge in [0.05, 0.1) is 0 Å². The molecule has 2 heteroatoms. The third kappa shape index (κ3) is 2.47. The summed E-state index contributed by atoms with van der Waals surface area (Å²) in [6, 6.07) is 0.438. The van der Waals surface area contributed by atoms with Crippen LogP contribution in [-0.4, -0.2) is 23.3 Å². The molecule has 0 saturated carbocycles. The summed E-state index contributed by atoms with van der Waals surface area (Å²) in [4.78, 5) is 13.0. The third-order valence-corrected chi connectivity index (χ3v) is 2.68. The van der Waals surface area contributed by atoms with Crippen molar-refractivity contribution >= 4 is 6.29 Å². The minimum Gasteiger partial charge on any atom is -0.361 e. The van der Waals surface area contributed by atoms with Gasteiger partial charge < -0.3 is 9.69 Å². The van der Waals surface area contributed by atoms with Crippen LogP contribution in [0.4, 0.5) is 0 Å².